The number of aliphatic hydroxyl groups excluding tert-OH is 1. The van der Waals surface area contributed by atoms with Crippen molar-refractivity contribution in [3.63, 3.8) is 0 Å². The molecule has 2 aromatic heterocycles. The Morgan fingerprint density at radius 3 is 2.73 bits per heavy atom. The van der Waals surface area contributed by atoms with Gasteiger partial charge in [0.15, 0.2) is 0 Å². The minimum absolute atomic E-state index is 0.156. The molecule has 3 rings (SSSR count). The third-order valence-corrected chi connectivity index (χ3v) is 3.46. The monoisotopic (exact) mass is 299 g/mol. The number of pyridine rings is 1. The second kappa shape index (κ2) is 5.50. The fourth-order valence-corrected chi connectivity index (χ4v) is 2.44. The number of fused-ring (bicyclic) bond motifs is 1. The van der Waals surface area contributed by atoms with E-state index in [1.165, 1.54) is 12.5 Å². The maximum atomic E-state index is 12.4. The molecule has 0 amide bonds. The van der Waals surface area contributed by atoms with Crippen LogP contribution in [0.2, 0.25) is 0 Å². The maximum absolute atomic E-state index is 12.4. The zero-order valence-electron chi connectivity index (χ0n) is 11.5. The zero-order chi connectivity index (χ0) is 15.7. The minimum Gasteiger partial charge on any atom is -0.477 e. The molecule has 112 valence electrons. The number of rotatable bonds is 4. The number of nitrogens with zero attached hydrogens (tertiary/aromatic N) is 1. The lowest BCUT2D eigenvalue weighted by atomic mass is 10.1. The highest BCUT2D eigenvalue weighted by Gasteiger charge is 2.15. The first-order chi connectivity index (χ1) is 10.6. The summed E-state index contributed by atoms with van der Waals surface area (Å²) in [6.45, 7) is 0.0497. The lowest BCUT2D eigenvalue weighted by molar-refractivity contribution is 0.0694. The molecule has 0 aliphatic carbocycles. The van der Waals surface area contributed by atoms with E-state index in [-0.39, 0.29) is 24.1 Å². The van der Waals surface area contributed by atoms with Gasteiger partial charge in [-0.3, -0.25) is 4.79 Å². The maximum Gasteiger partial charge on any atom is 0.341 e. The third-order valence-electron chi connectivity index (χ3n) is 3.46. The van der Waals surface area contributed by atoms with Crippen molar-refractivity contribution in [1.82, 2.24) is 4.57 Å². The van der Waals surface area contributed by atoms with Gasteiger partial charge in [0.25, 0.3) is 0 Å². The number of hydrogen-bond donors (Lipinski definition) is 2. The normalized spacial score (nSPS) is 11.0. The first-order valence-electron chi connectivity index (χ1n) is 6.67. The first-order valence-corrected chi connectivity index (χ1v) is 6.67. The van der Waals surface area contributed by atoms with Gasteiger partial charge in [-0.1, -0.05) is 0 Å². The highest BCUT2D eigenvalue weighted by atomic mass is 16.4. The quantitative estimate of drug-likeness (QED) is 0.768. The van der Waals surface area contributed by atoms with Crippen LogP contribution in [0.3, 0.4) is 0 Å². The summed E-state index contributed by atoms with van der Waals surface area (Å²) in [6, 6.07) is 8.60. The average molecular weight is 299 g/mol. The van der Waals surface area contributed by atoms with Crippen molar-refractivity contribution >= 4 is 16.9 Å². The first kappa shape index (κ1) is 14.1. The van der Waals surface area contributed by atoms with Crippen molar-refractivity contribution in [2.75, 3.05) is 6.61 Å². The van der Waals surface area contributed by atoms with E-state index >= 15 is 0 Å². The molecule has 1 aromatic carbocycles. The van der Waals surface area contributed by atoms with Crippen LogP contribution >= 0.6 is 0 Å². The van der Waals surface area contributed by atoms with Gasteiger partial charge >= 0.3 is 5.97 Å². The van der Waals surface area contributed by atoms with Gasteiger partial charge in [0.2, 0.25) is 5.43 Å². The van der Waals surface area contributed by atoms with E-state index in [0.717, 1.165) is 0 Å². The molecule has 0 atom stereocenters. The molecule has 0 bridgehead atoms. The number of aromatic carboxylic acids is 1. The molecule has 22 heavy (non-hydrogen) atoms. The smallest absolute Gasteiger partial charge is 0.341 e. The van der Waals surface area contributed by atoms with Gasteiger partial charge in [0.05, 0.1) is 18.4 Å². The van der Waals surface area contributed by atoms with Gasteiger partial charge < -0.3 is 19.2 Å². The van der Waals surface area contributed by atoms with Gasteiger partial charge in [-0.05, 0) is 30.3 Å². The number of carbonyl (C=O) groups is 1. The van der Waals surface area contributed by atoms with Crippen LogP contribution in [0, 0.1) is 0 Å². The van der Waals surface area contributed by atoms with Crippen LogP contribution in [-0.2, 0) is 6.54 Å². The Labute approximate surface area is 124 Å². The highest BCUT2D eigenvalue weighted by Crippen LogP contribution is 2.23. The van der Waals surface area contributed by atoms with E-state index in [1.807, 2.05) is 0 Å². The second-order valence-electron chi connectivity index (χ2n) is 4.80. The highest BCUT2D eigenvalue weighted by molar-refractivity contribution is 5.93. The van der Waals surface area contributed by atoms with Crippen LogP contribution in [0.1, 0.15) is 10.4 Å². The van der Waals surface area contributed by atoms with E-state index in [9.17, 15) is 14.7 Å². The Bertz CT molecular complexity index is 893. The molecule has 0 aliphatic rings. The molecule has 0 fully saturated rings. The summed E-state index contributed by atoms with van der Waals surface area (Å²) in [5.74, 6) is -0.697. The molecular weight excluding hydrogens is 286 g/mol. The predicted molar refractivity (Wildman–Crippen MR) is 80.0 cm³/mol. The van der Waals surface area contributed by atoms with Crippen LogP contribution in [0.4, 0.5) is 0 Å². The van der Waals surface area contributed by atoms with Gasteiger partial charge in [0, 0.05) is 23.7 Å². The van der Waals surface area contributed by atoms with Crippen LogP contribution in [0.15, 0.2) is 52.0 Å². The molecule has 2 heterocycles. The number of benzene rings is 1. The molecule has 3 aromatic rings. The molecule has 0 saturated carbocycles. The number of carboxylic acid groups (broad SMARTS) is 1. The second-order valence-corrected chi connectivity index (χ2v) is 4.80. The van der Waals surface area contributed by atoms with Crippen molar-refractivity contribution in [1.29, 1.82) is 0 Å². The van der Waals surface area contributed by atoms with Crippen LogP contribution in [-0.4, -0.2) is 27.4 Å². The van der Waals surface area contributed by atoms with E-state index in [1.54, 1.807) is 34.9 Å². The van der Waals surface area contributed by atoms with Crippen molar-refractivity contribution in [3.8, 4) is 11.3 Å². The summed E-state index contributed by atoms with van der Waals surface area (Å²) in [4.78, 5) is 23.6. The lowest BCUT2D eigenvalue weighted by Gasteiger charge is -2.11. The minimum atomic E-state index is -1.29. The van der Waals surface area contributed by atoms with E-state index in [0.29, 0.717) is 16.8 Å². The number of aliphatic hydroxyl groups is 1. The van der Waals surface area contributed by atoms with Gasteiger partial charge in [-0.25, -0.2) is 4.79 Å². The van der Waals surface area contributed by atoms with Crippen LogP contribution in [0.25, 0.3) is 22.2 Å². The van der Waals surface area contributed by atoms with Crippen LogP contribution < -0.4 is 5.43 Å². The summed E-state index contributed by atoms with van der Waals surface area (Å²) in [5.41, 5.74) is 0.384. The van der Waals surface area contributed by atoms with Crippen molar-refractivity contribution in [2.24, 2.45) is 0 Å². The van der Waals surface area contributed by atoms with Crippen molar-refractivity contribution < 1.29 is 19.4 Å². The number of carboxylic acids is 1. The Balaban J connectivity index is 2.32. The molecule has 0 aliphatic heterocycles. The Kier molecular flexibility index (Phi) is 3.52. The van der Waals surface area contributed by atoms with E-state index in [2.05, 4.69) is 0 Å². The molecule has 2 N–H and O–H groups in total. The molecule has 0 unspecified atom stereocenters. The topological polar surface area (TPSA) is 92.7 Å². The van der Waals surface area contributed by atoms with Crippen molar-refractivity contribution in [2.45, 2.75) is 6.54 Å². The fraction of sp³-hybridized carbons (Fsp3) is 0.125. The number of aromatic nitrogens is 1. The zero-order valence-corrected chi connectivity index (χ0v) is 11.5. The summed E-state index contributed by atoms with van der Waals surface area (Å²) >= 11 is 0. The van der Waals surface area contributed by atoms with Gasteiger partial charge in [-0.2, -0.15) is 0 Å². The Hall–Kier alpha value is -2.86. The fourth-order valence-electron chi connectivity index (χ4n) is 2.44. The summed E-state index contributed by atoms with van der Waals surface area (Å²) in [7, 11) is 0. The standard InChI is InChI=1S/C16H13NO5/c18-6-5-17-9-12(16(20)21)15(19)11-8-10(3-4-13(11)17)14-2-1-7-22-14/h1-4,7-9,18H,5-6H2,(H,20,21). The van der Waals surface area contributed by atoms with E-state index < -0.39 is 11.4 Å². The lowest BCUT2D eigenvalue weighted by Crippen LogP contribution is -2.19. The Morgan fingerprint density at radius 2 is 2.09 bits per heavy atom. The molecule has 0 spiro atoms. The molecule has 0 radical (unpaired) electrons. The predicted octanol–water partition coefficient (Wildman–Crippen LogP) is 1.95. The molecular formula is C16H13NO5. The average Bonchev–Trinajstić information content (AvgIpc) is 3.04. The summed E-state index contributed by atoms with van der Waals surface area (Å²) in [6.07, 6.45) is 2.78. The largest absolute Gasteiger partial charge is 0.477 e. The molecule has 6 nitrogen and oxygen atoms in total. The Morgan fingerprint density at radius 1 is 1.27 bits per heavy atom. The van der Waals surface area contributed by atoms with Gasteiger partial charge in [0.1, 0.15) is 11.3 Å². The van der Waals surface area contributed by atoms with E-state index in [4.69, 9.17) is 9.52 Å². The molecule has 0 saturated heterocycles. The number of hydrogen-bond acceptors (Lipinski definition) is 4. The SMILES string of the molecule is O=C(O)c1cn(CCO)c2ccc(-c3ccco3)cc2c1=O. The van der Waals surface area contributed by atoms with Crippen molar-refractivity contribution in [3.05, 3.63) is 58.6 Å². The third kappa shape index (κ3) is 2.29. The van der Waals surface area contributed by atoms with Crippen LogP contribution in [0.5, 0.6) is 0 Å². The number of furan rings is 1. The summed E-state index contributed by atoms with van der Waals surface area (Å²) < 4.78 is 6.86. The summed E-state index contributed by atoms with van der Waals surface area (Å²) in [5, 5.41) is 18.6. The molecule has 6 heteroatoms. The van der Waals surface area contributed by atoms with Gasteiger partial charge in [-0.15, -0.1) is 0 Å².